The van der Waals surface area contributed by atoms with Gasteiger partial charge in [0.15, 0.2) is 0 Å². The molecule has 9 heteroatoms. The number of hydrogen-bond acceptors (Lipinski definition) is 5. The number of carboxylic acid groups (broad SMARTS) is 1. The second-order valence-electron chi connectivity index (χ2n) is 21.2. The normalized spacial score (nSPS) is 42.2. The second kappa shape index (κ2) is 13.7. The fraction of sp³-hybridized carbons (Fsp3) is 0.864. The van der Waals surface area contributed by atoms with Crippen molar-refractivity contribution in [2.75, 3.05) is 32.4 Å². The monoisotopic (exact) mass is 757 g/mol. The van der Waals surface area contributed by atoms with Gasteiger partial charge in [0.2, 0.25) is 5.91 Å². The molecule has 8 nitrogen and oxygen atoms in total. The van der Waals surface area contributed by atoms with Crippen LogP contribution in [0.3, 0.4) is 0 Å². The zero-order chi connectivity index (χ0) is 39.2. The highest BCUT2D eigenvalue weighted by Crippen LogP contribution is 2.78. The van der Waals surface area contributed by atoms with Crippen LogP contribution in [0.15, 0.2) is 12.2 Å². The molecule has 0 aromatic carbocycles. The Morgan fingerprint density at radius 3 is 2.11 bits per heavy atom. The Bertz CT molecular complexity index is 1600. The van der Waals surface area contributed by atoms with Crippen molar-refractivity contribution >= 4 is 33.4 Å². The van der Waals surface area contributed by atoms with Crippen LogP contribution in [-0.4, -0.2) is 80.8 Å². The Hall–Kier alpha value is -1.87. The van der Waals surface area contributed by atoms with Crippen LogP contribution in [-0.2, 0) is 28.8 Å². The summed E-state index contributed by atoms with van der Waals surface area (Å²) < 4.78 is 20.8. The van der Waals surface area contributed by atoms with Gasteiger partial charge >= 0.3 is 11.9 Å². The van der Waals surface area contributed by atoms with E-state index in [1.54, 1.807) is 6.26 Å². The van der Waals surface area contributed by atoms with Crippen molar-refractivity contribution in [2.24, 2.45) is 62.1 Å². The molecule has 0 bridgehead atoms. The largest absolute Gasteiger partial charge is 0.481 e. The van der Waals surface area contributed by atoms with Gasteiger partial charge in [-0.1, -0.05) is 60.6 Å². The SMILES string of the molecule is C=C(C)[C@@H]1CC[C@]2(CC(=O)N3CCN(S(=C)(C)=O)CC3)CC[C@]3(C)[C@H](CC[C@@H]4[C@@]5(C)CC[C@H](OC(=O)CC(C)(C)CC(=O)O)C(C)(C)[C@@H]5CC[C@]43C)[C@@H]12. The molecule has 0 aromatic rings. The molecule has 1 unspecified atom stereocenters. The predicted octanol–water partition coefficient (Wildman–Crippen LogP) is 8.24. The Morgan fingerprint density at radius 2 is 1.51 bits per heavy atom. The van der Waals surface area contributed by atoms with Crippen LogP contribution < -0.4 is 0 Å². The minimum absolute atomic E-state index is 0.0138. The van der Waals surface area contributed by atoms with Crippen LogP contribution in [0.5, 0.6) is 0 Å². The van der Waals surface area contributed by atoms with Crippen molar-refractivity contribution in [2.45, 2.75) is 145 Å². The highest BCUT2D eigenvalue weighted by atomic mass is 32.2. The number of carbonyl (C=O) groups excluding carboxylic acids is 2. The van der Waals surface area contributed by atoms with Crippen molar-refractivity contribution < 1.29 is 28.4 Å². The Kier molecular flexibility index (Phi) is 10.5. The summed E-state index contributed by atoms with van der Waals surface area (Å²) in [6, 6.07) is 0. The van der Waals surface area contributed by atoms with Gasteiger partial charge in [-0.05, 0) is 134 Å². The maximum absolute atomic E-state index is 14.2. The van der Waals surface area contributed by atoms with Crippen molar-refractivity contribution in [3.05, 3.63) is 12.2 Å². The van der Waals surface area contributed by atoms with E-state index >= 15 is 0 Å². The minimum Gasteiger partial charge on any atom is -0.481 e. The first-order valence-corrected chi connectivity index (χ1v) is 22.9. The molecule has 1 heterocycles. The lowest BCUT2D eigenvalue weighted by atomic mass is 9.32. The van der Waals surface area contributed by atoms with Crippen molar-refractivity contribution in [1.29, 1.82) is 0 Å². The number of carbonyl (C=O) groups is 3. The Morgan fingerprint density at radius 1 is 0.849 bits per heavy atom. The standard InChI is InChI=1S/C44H72N2O6S/c1-29(2)30-14-19-44(26-35(47)45-22-24-46(25-23-45)53(10,11)51)21-20-42(8)31(38(30)44)12-13-33-41(7)17-16-34(40(5,6)32(41)15-18-43(33,42)9)52-37(50)28-39(3,4)27-36(48)49/h30-34,38H,1,10,12-28H2,2-9,11H3,(H,48,49)/t30-,31+,32-,33+,34-,38+,41-,42+,43+,44+,53?/m0/s1. The third-order valence-corrected chi connectivity index (χ3v) is 18.8. The van der Waals surface area contributed by atoms with Crippen molar-refractivity contribution in [3.63, 3.8) is 0 Å². The van der Waals surface area contributed by atoms with Gasteiger partial charge in [0.25, 0.3) is 0 Å². The van der Waals surface area contributed by atoms with Gasteiger partial charge < -0.3 is 14.7 Å². The molecule has 6 rings (SSSR count). The lowest BCUT2D eigenvalue weighted by Gasteiger charge is -2.73. The number of piperazine rings is 1. The molecular weight excluding hydrogens is 685 g/mol. The van der Waals surface area contributed by atoms with E-state index in [9.17, 15) is 23.7 Å². The first kappa shape index (κ1) is 40.8. The molecule has 0 radical (unpaired) electrons. The van der Waals surface area contributed by atoms with Gasteiger partial charge in [-0.3, -0.25) is 18.6 Å². The van der Waals surface area contributed by atoms with Gasteiger partial charge in [-0.2, -0.15) is 0 Å². The average Bonchev–Trinajstić information content (AvgIpc) is 3.41. The molecule has 0 aromatic heterocycles. The number of ether oxygens (including phenoxy) is 1. The summed E-state index contributed by atoms with van der Waals surface area (Å²) in [5.41, 5.74) is 0.973. The molecule has 6 fully saturated rings. The molecule has 5 aliphatic carbocycles. The molecule has 0 spiro atoms. The summed E-state index contributed by atoms with van der Waals surface area (Å²) >= 11 is 0. The molecule has 53 heavy (non-hydrogen) atoms. The number of hydrogen-bond donors (Lipinski definition) is 1. The average molecular weight is 757 g/mol. The summed E-state index contributed by atoms with van der Waals surface area (Å²) in [6.07, 6.45) is 13.3. The molecule has 5 saturated carbocycles. The van der Waals surface area contributed by atoms with E-state index in [0.29, 0.717) is 62.2 Å². The van der Waals surface area contributed by atoms with E-state index in [1.807, 2.05) is 23.1 Å². The fourth-order valence-corrected chi connectivity index (χ4v) is 15.5. The van der Waals surface area contributed by atoms with E-state index in [2.05, 4.69) is 54.0 Å². The maximum atomic E-state index is 14.2. The number of amides is 1. The number of rotatable bonds is 9. The maximum Gasteiger partial charge on any atom is 0.306 e. The number of nitrogens with zero attached hydrogens (tertiary/aromatic N) is 2. The predicted molar refractivity (Wildman–Crippen MR) is 213 cm³/mol. The third kappa shape index (κ3) is 6.86. The van der Waals surface area contributed by atoms with Crippen molar-refractivity contribution in [3.8, 4) is 0 Å². The van der Waals surface area contributed by atoms with E-state index in [-0.39, 0.29) is 57.9 Å². The molecule has 1 amide bonds. The van der Waals surface area contributed by atoms with Crippen LogP contribution in [0.4, 0.5) is 0 Å². The fourth-order valence-electron chi connectivity index (χ4n) is 14.6. The van der Waals surface area contributed by atoms with Crippen LogP contribution in [0.25, 0.3) is 0 Å². The Balaban J connectivity index is 1.21. The molecule has 1 saturated heterocycles. The lowest BCUT2D eigenvalue weighted by Crippen LogP contribution is -2.67. The van der Waals surface area contributed by atoms with Gasteiger partial charge in [0, 0.05) is 54.0 Å². The van der Waals surface area contributed by atoms with Crippen LogP contribution in [0.2, 0.25) is 0 Å². The van der Waals surface area contributed by atoms with Gasteiger partial charge in [-0.15, -0.1) is 0 Å². The topological polar surface area (TPSA) is 104 Å². The van der Waals surface area contributed by atoms with Gasteiger partial charge in [0.1, 0.15) is 6.10 Å². The molecule has 6 aliphatic rings. The second-order valence-corrected chi connectivity index (χ2v) is 23.7. The highest BCUT2D eigenvalue weighted by molar-refractivity contribution is 7.97. The van der Waals surface area contributed by atoms with E-state index in [0.717, 1.165) is 38.5 Å². The summed E-state index contributed by atoms with van der Waals surface area (Å²) in [7, 11) is -2.26. The Labute approximate surface area is 321 Å². The zero-order valence-corrected chi connectivity index (χ0v) is 35.5. The first-order chi connectivity index (χ1) is 24.4. The van der Waals surface area contributed by atoms with Gasteiger partial charge in [0.05, 0.1) is 12.8 Å². The zero-order valence-electron chi connectivity index (χ0n) is 34.7. The number of fused-ring (bicyclic) bond motifs is 7. The number of aliphatic carboxylic acids is 1. The third-order valence-electron chi connectivity index (χ3n) is 17.3. The summed E-state index contributed by atoms with van der Waals surface area (Å²) in [4.78, 5) is 40.9. The minimum atomic E-state index is -2.26. The molecular formula is C44H72N2O6S. The lowest BCUT2D eigenvalue weighted by molar-refractivity contribution is -0.250. The van der Waals surface area contributed by atoms with E-state index in [1.165, 1.54) is 31.3 Å². The highest BCUT2D eigenvalue weighted by Gasteiger charge is 2.71. The molecule has 11 atom stereocenters. The summed E-state index contributed by atoms with van der Waals surface area (Å²) in [5, 5.41) is 9.35. The number of allylic oxidation sites excluding steroid dienone is 1. The first-order valence-electron chi connectivity index (χ1n) is 20.8. The molecule has 1 aliphatic heterocycles. The summed E-state index contributed by atoms with van der Waals surface area (Å²) in [6.45, 7) is 25.5. The van der Waals surface area contributed by atoms with Crippen molar-refractivity contribution in [1.82, 2.24) is 9.21 Å². The van der Waals surface area contributed by atoms with Crippen LogP contribution >= 0.6 is 0 Å². The number of esters is 1. The van der Waals surface area contributed by atoms with E-state index in [4.69, 9.17) is 4.74 Å². The van der Waals surface area contributed by atoms with E-state index < -0.39 is 21.1 Å². The quantitative estimate of drug-likeness (QED) is 0.144. The number of carboxylic acids is 1. The molecule has 1 N–H and O–H groups in total. The summed E-state index contributed by atoms with van der Waals surface area (Å²) in [5.74, 6) is 5.50. The molecule has 300 valence electrons. The smallest absolute Gasteiger partial charge is 0.306 e. The van der Waals surface area contributed by atoms with Crippen LogP contribution in [0.1, 0.15) is 139 Å². The van der Waals surface area contributed by atoms with Crippen LogP contribution in [0, 0.1) is 62.1 Å². The van der Waals surface area contributed by atoms with Gasteiger partial charge in [-0.25, -0.2) is 4.31 Å².